The van der Waals surface area contributed by atoms with Crippen LogP contribution in [0.5, 0.6) is 0 Å². The average Bonchev–Trinajstić information content (AvgIpc) is 2.15. The van der Waals surface area contributed by atoms with Gasteiger partial charge in [-0.05, 0) is 41.8 Å². The van der Waals surface area contributed by atoms with Crippen LogP contribution >= 0.6 is 23.4 Å². The maximum atomic E-state index is 8.42. The Hall–Kier alpha value is -0.650. The van der Waals surface area contributed by atoms with E-state index in [1.807, 2.05) is 18.2 Å². The molecule has 1 atom stereocenters. The van der Waals surface area contributed by atoms with Gasteiger partial charge in [0.1, 0.15) is 5.40 Å². The van der Waals surface area contributed by atoms with Gasteiger partial charge in [-0.15, -0.1) is 0 Å². The first kappa shape index (κ1) is 11.4. The minimum absolute atomic E-state index is 0.512. The smallest absolute Gasteiger partial charge is 0.133 e. The Balaban J connectivity index is 2.48. The van der Waals surface area contributed by atoms with Crippen LogP contribution in [-0.4, -0.2) is 5.75 Å². The molecule has 1 aromatic rings. The van der Waals surface area contributed by atoms with Gasteiger partial charge < -0.3 is 0 Å². The third kappa shape index (κ3) is 4.04. The van der Waals surface area contributed by atoms with Crippen molar-refractivity contribution in [1.29, 1.82) is 5.26 Å². The highest BCUT2D eigenvalue weighted by Crippen LogP contribution is 2.16. The van der Waals surface area contributed by atoms with E-state index in [0.29, 0.717) is 5.92 Å². The van der Waals surface area contributed by atoms with Gasteiger partial charge in [-0.3, -0.25) is 0 Å². The van der Waals surface area contributed by atoms with Crippen molar-refractivity contribution in [2.24, 2.45) is 5.92 Å². The summed E-state index contributed by atoms with van der Waals surface area (Å²) in [6.07, 6.45) is 0.981. The van der Waals surface area contributed by atoms with E-state index in [2.05, 4.69) is 18.4 Å². The maximum Gasteiger partial charge on any atom is 0.133 e. The molecule has 0 aliphatic carbocycles. The van der Waals surface area contributed by atoms with Gasteiger partial charge in [0.2, 0.25) is 0 Å². The molecule has 0 saturated heterocycles. The average molecular weight is 226 g/mol. The second kappa shape index (κ2) is 5.95. The van der Waals surface area contributed by atoms with Crippen LogP contribution in [0.15, 0.2) is 24.3 Å². The van der Waals surface area contributed by atoms with Gasteiger partial charge in [0.25, 0.3) is 0 Å². The fraction of sp³-hybridized carbons (Fsp3) is 0.364. The molecule has 0 amide bonds. The fourth-order valence-electron chi connectivity index (χ4n) is 1.30. The van der Waals surface area contributed by atoms with Gasteiger partial charge in [-0.1, -0.05) is 30.7 Å². The van der Waals surface area contributed by atoms with Crippen molar-refractivity contribution in [2.75, 3.05) is 5.75 Å². The lowest BCUT2D eigenvalue weighted by Gasteiger charge is -2.08. The number of nitriles is 1. The van der Waals surface area contributed by atoms with Crippen molar-refractivity contribution in [2.45, 2.75) is 13.3 Å². The number of halogens is 1. The summed E-state index contributed by atoms with van der Waals surface area (Å²) in [5.41, 5.74) is 1.24. The lowest BCUT2D eigenvalue weighted by atomic mass is 10.0. The molecule has 0 bridgehead atoms. The Morgan fingerprint density at radius 2 is 2.36 bits per heavy atom. The molecule has 0 saturated carbocycles. The van der Waals surface area contributed by atoms with Crippen LogP contribution < -0.4 is 0 Å². The second-order valence-corrected chi connectivity index (χ2v) is 4.58. The predicted octanol–water partition coefficient (Wildman–Crippen LogP) is 3.73. The van der Waals surface area contributed by atoms with E-state index in [-0.39, 0.29) is 0 Å². The molecule has 14 heavy (non-hydrogen) atoms. The van der Waals surface area contributed by atoms with Crippen molar-refractivity contribution in [1.82, 2.24) is 0 Å². The van der Waals surface area contributed by atoms with Crippen LogP contribution in [0.3, 0.4) is 0 Å². The van der Waals surface area contributed by atoms with Crippen molar-refractivity contribution >= 4 is 23.4 Å². The molecule has 0 spiro atoms. The summed E-state index contributed by atoms with van der Waals surface area (Å²) in [4.78, 5) is 0. The van der Waals surface area contributed by atoms with Gasteiger partial charge in [0.15, 0.2) is 0 Å². The summed E-state index contributed by atoms with van der Waals surface area (Å²) < 4.78 is 0. The van der Waals surface area contributed by atoms with Gasteiger partial charge in [-0.2, -0.15) is 5.26 Å². The van der Waals surface area contributed by atoms with Crippen molar-refractivity contribution in [3.8, 4) is 5.40 Å². The first-order chi connectivity index (χ1) is 6.72. The Morgan fingerprint density at radius 3 is 3.00 bits per heavy atom. The van der Waals surface area contributed by atoms with Crippen LogP contribution in [0.1, 0.15) is 12.5 Å². The summed E-state index contributed by atoms with van der Waals surface area (Å²) in [7, 11) is 0. The van der Waals surface area contributed by atoms with Gasteiger partial charge in [0.05, 0.1) is 0 Å². The SMILES string of the molecule is CC(CSC#N)Cc1cccc(Cl)c1. The topological polar surface area (TPSA) is 23.8 Å². The first-order valence-corrected chi connectivity index (χ1v) is 5.84. The van der Waals surface area contributed by atoms with Crippen LogP contribution in [0, 0.1) is 16.6 Å². The van der Waals surface area contributed by atoms with Crippen LogP contribution in [0.2, 0.25) is 5.02 Å². The summed E-state index contributed by atoms with van der Waals surface area (Å²) in [6.45, 7) is 2.14. The number of hydrogen-bond donors (Lipinski definition) is 0. The lowest BCUT2D eigenvalue weighted by Crippen LogP contribution is -2.02. The third-order valence-corrected chi connectivity index (χ3v) is 3.01. The predicted molar refractivity (Wildman–Crippen MR) is 62.4 cm³/mol. The van der Waals surface area contributed by atoms with Crippen LogP contribution in [-0.2, 0) is 6.42 Å². The van der Waals surface area contributed by atoms with E-state index < -0.39 is 0 Å². The largest absolute Gasteiger partial charge is 0.185 e. The van der Waals surface area contributed by atoms with E-state index in [0.717, 1.165) is 17.2 Å². The quantitative estimate of drug-likeness (QED) is 0.729. The molecule has 74 valence electrons. The van der Waals surface area contributed by atoms with E-state index in [1.54, 1.807) is 0 Å². The molecule has 0 radical (unpaired) electrons. The summed E-state index contributed by atoms with van der Waals surface area (Å²) in [6, 6.07) is 7.89. The molecule has 0 heterocycles. The normalized spacial score (nSPS) is 12.1. The zero-order valence-corrected chi connectivity index (χ0v) is 9.61. The summed E-state index contributed by atoms with van der Waals surface area (Å²) in [5.74, 6) is 1.39. The standard InChI is InChI=1S/C11H12ClNS/c1-9(7-14-8-13)5-10-3-2-4-11(12)6-10/h2-4,6,9H,5,7H2,1H3. The number of hydrogen-bond acceptors (Lipinski definition) is 2. The molecule has 0 N–H and O–H groups in total. The Kier molecular flexibility index (Phi) is 4.86. The molecular weight excluding hydrogens is 214 g/mol. The van der Waals surface area contributed by atoms with Crippen molar-refractivity contribution in [3.63, 3.8) is 0 Å². The molecule has 0 aliphatic rings. The Bertz CT molecular complexity index is 332. The molecule has 1 aromatic carbocycles. The number of nitrogens with zero attached hydrogens (tertiary/aromatic N) is 1. The summed E-state index contributed by atoms with van der Waals surface area (Å²) >= 11 is 7.19. The molecule has 1 rings (SSSR count). The zero-order valence-electron chi connectivity index (χ0n) is 8.03. The Labute approximate surface area is 94.1 Å². The third-order valence-electron chi connectivity index (χ3n) is 1.91. The lowest BCUT2D eigenvalue weighted by molar-refractivity contribution is 0.660. The highest BCUT2D eigenvalue weighted by molar-refractivity contribution is 8.03. The summed E-state index contributed by atoms with van der Waals surface area (Å²) in [5, 5.41) is 11.3. The van der Waals surface area contributed by atoms with Crippen LogP contribution in [0.25, 0.3) is 0 Å². The number of benzene rings is 1. The molecule has 0 aromatic heterocycles. The van der Waals surface area contributed by atoms with Gasteiger partial charge in [0, 0.05) is 10.8 Å². The molecule has 0 aliphatic heterocycles. The Morgan fingerprint density at radius 1 is 1.57 bits per heavy atom. The highest BCUT2D eigenvalue weighted by atomic mass is 35.5. The molecule has 0 fully saturated rings. The van der Waals surface area contributed by atoms with E-state index in [9.17, 15) is 0 Å². The maximum absolute atomic E-state index is 8.42. The highest BCUT2D eigenvalue weighted by Gasteiger charge is 2.03. The molecular formula is C11H12ClNS. The molecule has 1 nitrogen and oxygen atoms in total. The van der Waals surface area contributed by atoms with E-state index in [4.69, 9.17) is 16.9 Å². The minimum Gasteiger partial charge on any atom is -0.185 e. The minimum atomic E-state index is 0.512. The fourth-order valence-corrected chi connectivity index (χ4v) is 1.99. The number of thioether (sulfide) groups is 1. The van der Waals surface area contributed by atoms with Crippen LogP contribution in [0.4, 0.5) is 0 Å². The van der Waals surface area contributed by atoms with Crippen molar-refractivity contribution in [3.05, 3.63) is 34.9 Å². The molecule has 1 unspecified atom stereocenters. The number of rotatable bonds is 4. The monoisotopic (exact) mass is 225 g/mol. The van der Waals surface area contributed by atoms with Gasteiger partial charge in [-0.25, -0.2) is 0 Å². The zero-order chi connectivity index (χ0) is 10.4. The first-order valence-electron chi connectivity index (χ1n) is 4.47. The van der Waals surface area contributed by atoms with E-state index in [1.165, 1.54) is 17.3 Å². The van der Waals surface area contributed by atoms with Crippen molar-refractivity contribution < 1.29 is 0 Å². The van der Waals surface area contributed by atoms with E-state index >= 15 is 0 Å². The second-order valence-electron chi connectivity index (χ2n) is 3.34. The van der Waals surface area contributed by atoms with Gasteiger partial charge >= 0.3 is 0 Å². The number of thiocyanates is 1. The molecule has 3 heteroatoms.